The lowest BCUT2D eigenvalue weighted by Gasteiger charge is -2.22. The maximum absolute atomic E-state index is 12.5. The van der Waals surface area contributed by atoms with Crippen LogP contribution >= 0.6 is 0 Å². The van der Waals surface area contributed by atoms with E-state index in [-0.39, 0.29) is 11.8 Å². The third-order valence-electron chi connectivity index (χ3n) is 5.02. The second kappa shape index (κ2) is 8.17. The Balaban J connectivity index is 1.68. The van der Waals surface area contributed by atoms with E-state index in [0.29, 0.717) is 22.7 Å². The number of hydrogen-bond acceptors (Lipinski definition) is 2. The summed E-state index contributed by atoms with van der Waals surface area (Å²) in [6, 6.07) is 15.0. The smallest absolute Gasteiger partial charge is 0.255 e. The Bertz CT molecular complexity index is 775. The van der Waals surface area contributed by atoms with E-state index in [2.05, 4.69) is 17.4 Å². The molecule has 1 aliphatic carbocycles. The van der Waals surface area contributed by atoms with Crippen molar-refractivity contribution in [2.75, 3.05) is 19.4 Å². The van der Waals surface area contributed by atoms with Crippen LogP contribution in [0.5, 0.6) is 0 Å². The van der Waals surface area contributed by atoms with Crippen molar-refractivity contribution in [1.29, 1.82) is 0 Å². The highest BCUT2D eigenvalue weighted by molar-refractivity contribution is 6.05. The van der Waals surface area contributed by atoms with Crippen LogP contribution in [-0.4, -0.2) is 30.8 Å². The molecule has 26 heavy (non-hydrogen) atoms. The molecule has 3 rings (SSSR count). The maximum Gasteiger partial charge on any atom is 0.255 e. The number of rotatable bonds is 4. The first-order chi connectivity index (χ1) is 12.5. The van der Waals surface area contributed by atoms with Gasteiger partial charge in [-0.2, -0.15) is 0 Å². The number of nitrogens with one attached hydrogen (secondary N) is 1. The molecule has 2 aromatic carbocycles. The van der Waals surface area contributed by atoms with Crippen LogP contribution in [0.3, 0.4) is 0 Å². The molecule has 2 aromatic rings. The second-order valence-electron chi connectivity index (χ2n) is 7.19. The fraction of sp³-hybridized carbons (Fsp3) is 0.364. The van der Waals surface area contributed by atoms with Crippen molar-refractivity contribution in [3.05, 3.63) is 65.2 Å². The van der Waals surface area contributed by atoms with Gasteiger partial charge in [0.1, 0.15) is 0 Å². The molecular formula is C22H26N2O2. The summed E-state index contributed by atoms with van der Waals surface area (Å²) in [6.45, 7) is 0. The summed E-state index contributed by atoms with van der Waals surface area (Å²) in [6.07, 6.45) is 6.44. The first-order valence-electron chi connectivity index (χ1n) is 9.27. The van der Waals surface area contributed by atoms with E-state index in [1.807, 2.05) is 12.1 Å². The van der Waals surface area contributed by atoms with Crippen LogP contribution in [-0.2, 0) is 0 Å². The molecule has 0 saturated heterocycles. The Hall–Kier alpha value is -2.62. The number of nitrogens with zero attached hydrogens (tertiary/aromatic N) is 1. The molecule has 1 aliphatic rings. The van der Waals surface area contributed by atoms with E-state index in [1.54, 1.807) is 38.4 Å². The summed E-state index contributed by atoms with van der Waals surface area (Å²) < 4.78 is 0. The number of carbonyl (C=O) groups is 2. The Morgan fingerprint density at radius 3 is 2.27 bits per heavy atom. The van der Waals surface area contributed by atoms with Crippen molar-refractivity contribution < 1.29 is 9.59 Å². The zero-order valence-electron chi connectivity index (χ0n) is 15.5. The van der Waals surface area contributed by atoms with Crippen molar-refractivity contribution in [2.45, 2.75) is 38.0 Å². The van der Waals surface area contributed by atoms with Gasteiger partial charge in [-0.1, -0.05) is 37.5 Å². The van der Waals surface area contributed by atoms with Crippen LogP contribution in [0.1, 0.15) is 64.3 Å². The number of benzene rings is 2. The summed E-state index contributed by atoms with van der Waals surface area (Å²) in [5.74, 6) is 0.391. The Morgan fingerprint density at radius 1 is 0.923 bits per heavy atom. The largest absolute Gasteiger partial charge is 0.345 e. The Kier molecular flexibility index (Phi) is 5.71. The molecule has 2 amide bonds. The van der Waals surface area contributed by atoms with Crippen LogP contribution in [0.15, 0.2) is 48.5 Å². The zero-order valence-corrected chi connectivity index (χ0v) is 15.5. The highest BCUT2D eigenvalue weighted by atomic mass is 16.2. The number of hydrogen-bond donors (Lipinski definition) is 1. The van der Waals surface area contributed by atoms with Gasteiger partial charge in [-0.05, 0) is 54.7 Å². The summed E-state index contributed by atoms with van der Waals surface area (Å²) in [4.78, 5) is 26.1. The topological polar surface area (TPSA) is 49.4 Å². The Labute approximate surface area is 155 Å². The highest BCUT2D eigenvalue weighted by Crippen LogP contribution is 2.32. The first-order valence-corrected chi connectivity index (χ1v) is 9.27. The molecule has 0 unspecified atom stereocenters. The molecule has 0 aromatic heterocycles. The van der Waals surface area contributed by atoms with Crippen LogP contribution in [0.2, 0.25) is 0 Å². The van der Waals surface area contributed by atoms with Crippen LogP contribution in [0, 0.1) is 0 Å². The van der Waals surface area contributed by atoms with E-state index in [1.165, 1.54) is 42.6 Å². The third kappa shape index (κ3) is 4.31. The number of amides is 2. The van der Waals surface area contributed by atoms with E-state index >= 15 is 0 Å². The van der Waals surface area contributed by atoms with E-state index in [0.717, 1.165) is 0 Å². The molecule has 0 heterocycles. The average Bonchev–Trinajstić information content (AvgIpc) is 2.68. The average molecular weight is 350 g/mol. The lowest BCUT2D eigenvalue weighted by molar-refractivity contribution is 0.0827. The van der Waals surface area contributed by atoms with Gasteiger partial charge in [-0.25, -0.2) is 0 Å². The lowest BCUT2D eigenvalue weighted by Crippen LogP contribution is -2.22. The standard InChI is InChI=1S/C22H26N2O2/c1-24(2)22(26)19-9-6-10-20(15-19)23-21(25)18-13-11-17(12-14-18)16-7-4-3-5-8-16/h6,9-16H,3-5,7-8H2,1-2H3,(H,23,25). The summed E-state index contributed by atoms with van der Waals surface area (Å²) in [5, 5.41) is 2.88. The predicted octanol–water partition coefficient (Wildman–Crippen LogP) is 4.69. The van der Waals surface area contributed by atoms with Gasteiger partial charge in [-0.15, -0.1) is 0 Å². The van der Waals surface area contributed by atoms with Crippen molar-refractivity contribution >= 4 is 17.5 Å². The van der Waals surface area contributed by atoms with Gasteiger partial charge >= 0.3 is 0 Å². The lowest BCUT2D eigenvalue weighted by atomic mass is 9.84. The number of anilines is 1. The van der Waals surface area contributed by atoms with Gasteiger partial charge < -0.3 is 10.2 Å². The van der Waals surface area contributed by atoms with Crippen molar-refractivity contribution in [2.24, 2.45) is 0 Å². The number of carbonyl (C=O) groups excluding carboxylic acids is 2. The molecular weight excluding hydrogens is 324 g/mol. The van der Waals surface area contributed by atoms with Crippen molar-refractivity contribution in [3.63, 3.8) is 0 Å². The normalized spacial score (nSPS) is 14.7. The molecule has 4 heteroatoms. The monoisotopic (exact) mass is 350 g/mol. The van der Waals surface area contributed by atoms with Gasteiger partial charge in [-0.3, -0.25) is 9.59 Å². The summed E-state index contributed by atoms with van der Waals surface area (Å²) in [7, 11) is 3.42. The minimum absolute atomic E-state index is 0.0852. The molecule has 0 aliphatic heterocycles. The molecule has 0 bridgehead atoms. The van der Waals surface area contributed by atoms with Crippen molar-refractivity contribution in [3.8, 4) is 0 Å². The minimum atomic E-state index is -0.158. The molecule has 136 valence electrons. The third-order valence-corrected chi connectivity index (χ3v) is 5.02. The van der Waals surface area contributed by atoms with Gasteiger partial charge in [0.05, 0.1) is 0 Å². The second-order valence-corrected chi connectivity index (χ2v) is 7.19. The van der Waals surface area contributed by atoms with Crippen molar-refractivity contribution in [1.82, 2.24) is 4.90 Å². The van der Waals surface area contributed by atoms with Crippen LogP contribution < -0.4 is 5.32 Å². The van der Waals surface area contributed by atoms with E-state index in [4.69, 9.17) is 0 Å². The van der Waals surface area contributed by atoms with Gasteiger partial charge in [0, 0.05) is 30.9 Å². The van der Waals surface area contributed by atoms with E-state index < -0.39 is 0 Å². The molecule has 0 spiro atoms. The van der Waals surface area contributed by atoms with Gasteiger partial charge in [0.15, 0.2) is 0 Å². The summed E-state index contributed by atoms with van der Waals surface area (Å²) >= 11 is 0. The van der Waals surface area contributed by atoms with Gasteiger partial charge in [0.2, 0.25) is 0 Å². The molecule has 1 fully saturated rings. The Morgan fingerprint density at radius 2 is 1.62 bits per heavy atom. The molecule has 1 N–H and O–H groups in total. The SMILES string of the molecule is CN(C)C(=O)c1cccc(NC(=O)c2ccc(C3CCCCC3)cc2)c1. The zero-order chi connectivity index (χ0) is 18.5. The van der Waals surface area contributed by atoms with Crippen LogP contribution in [0.4, 0.5) is 5.69 Å². The highest BCUT2D eigenvalue weighted by Gasteiger charge is 2.16. The van der Waals surface area contributed by atoms with E-state index in [9.17, 15) is 9.59 Å². The molecule has 1 saturated carbocycles. The predicted molar refractivity (Wildman–Crippen MR) is 105 cm³/mol. The molecule has 4 nitrogen and oxygen atoms in total. The first kappa shape index (κ1) is 18.2. The molecule has 0 atom stereocenters. The molecule has 0 radical (unpaired) electrons. The van der Waals surface area contributed by atoms with Gasteiger partial charge in [0.25, 0.3) is 11.8 Å². The maximum atomic E-state index is 12.5. The summed E-state index contributed by atoms with van der Waals surface area (Å²) in [5.41, 5.74) is 3.15. The quantitative estimate of drug-likeness (QED) is 0.870. The minimum Gasteiger partial charge on any atom is -0.345 e. The fourth-order valence-corrected chi connectivity index (χ4v) is 3.53. The fourth-order valence-electron chi connectivity index (χ4n) is 3.53. The van der Waals surface area contributed by atoms with Crippen LogP contribution in [0.25, 0.3) is 0 Å².